The van der Waals surface area contributed by atoms with E-state index in [0.29, 0.717) is 24.3 Å². The Morgan fingerprint density at radius 3 is 2.43 bits per heavy atom. The number of halogens is 2. The third-order valence-corrected chi connectivity index (χ3v) is 5.61. The van der Waals surface area contributed by atoms with Gasteiger partial charge in [0.25, 0.3) is 0 Å². The van der Waals surface area contributed by atoms with E-state index in [0.717, 1.165) is 32.0 Å². The number of hydrogen-bond acceptors (Lipinski definition) is 3. The van der Waals surface area contributed by atoms with Crippen molar-refractivity contribution in [2.75, 3.05) is 26.2 Å². The molecule has 0 bridgehead atoms. The highest BCUT2D eigenvalue weighted by Gasteiger charge is 2.32. The van der Waals surface area contributed by atoms with Crippen LogP contribution in [0.3, 0.4) is 0 Å². The molecular weight excluding hydrogens is 333 g/mol. The molecule has 136 valence electrons. The molecular formula is C17H33Cl2N3O. The molecule has 23 heavy (non-hydrogen) atoms. The van der Waals surface area contributed by atoms with Gasteiger partial charge < -0.3 is 15.5 Å². The minimum atomic E-state index is 0. The average Bonchev–Trinajstić information content (AvgIpc) is 3.33. The molecule has 0 spiro atoms. The summed E-state index contributed by atoms with van der Waals surface area (Å²) >= 11 is 0. The first-order valence-corrected chi connectivity index (χ1v) is 8.96. The maximum Gasteiger partial charge on any atom is 0.220 e. The van der Waals surface area contributed by atoms with Gasteiger partial charge in [-0.15, -0.1) is 24.8 Å². The van der Waals surface area contributed by atoms with Crippen LogP contribution in [0.1, 0.15) is 51.9 Å². The summed E-state index contributed by atoms with van der Waals surface area (Å²) in [6, 6.07) is 1.30. The molecule has 1 saturated carbocycles. The normalized spacial score (nSPS) is 27.4. The summed E-state index contributed by atoms with van der Waals surface area (Å²) in [4.78, 5) is 14.9. The molecule has 0 aromatic rings. The van der Waals surface area contributed by atoms with Crippen LogP contribution < -0.4 is 10.6 Å². The zero-order valence-electron chi connectivity index (χ0n) is 14.3. The third kappa shape index (κ3) is 6.41. The maximum absolute atomic E-state index is 12.2. The predicted octanol–water partition coefficient (Wildman–Crippen LogP) is 2.60. The first kappa shape index (κ1) is 21.0. The molecule has 3 aliphatic rings. The van der Waals surface area contributed by atoms with Crippen molar-refractivity contribution >= 4 is 30.7 Å². The molecule has 2 aliphatic heterocycles. The SMILES string of the molecule is CC(CC(=O)NC1CCN(C2CC2)CC1)C1CCCNC1.Cl.Cl. The second-order valence-corrected chi connectivity index (χ2v) is 7.40. The summed E-state index contributed by atoms with van der Waals surface area (Å²) in [5.41, 5.74) is 0. The van der Waals surface area contributed by atoms with E-state index in [2.05, 4.69) is 22.5 Å². The van der Waals surface area contributed by atoms with E-state index in [1.165, 1.54) is 38.8 Å². The van der Waals surface area contributed by atoms with E-state index in [1.54, 1.807) is 0 Å². The Bertz CT molecular complexity index is 352. The van der Waals surface area contributed by atoms with E-state index in [1.807, 2.05) is 0 Å². The number of carbonyl (C=O) groups excluding carboxylic acids is 1. The van der Waals surface area contributed by atoms with Gasteiger partial charge in [0.2, 0.25) is 5.91 Å². The summed E-state index contributed by atoms with van der Waals surface area (Å²) < 4.78 is 0. The largest absolute Gasteiger partial charge is 0.353 e. The van der Waals surface area contributed by atoms with Crippen molar-refractivity contribution in [3.05, 3.63) is 0 Å². The van der Waals surface area contributed by atoms with Gasteiger partial charge in [-0.05, 0) is 63.5 Å². The van der Waals surface area contributed by atoms with Crippen LogP contribution >= 0.6 is 24.8 Å². The van der Waals surface area contributed by atoms with Gasteiger partial charge in [0, 0.05) is 31.6 Å². The molecule has 2 N–H and O–H groups in total. The summed E-state index contributed by atoms with van der Waals surface area (Å²) in [6.07, 6.45) is 8.31. The number of nitrogens with one attached hydrogen (secondary N) is 2. The van der Waals surface area contributed by atoms with Crippen LogP contribution in [-0.4, -0.2) is 49.1 Å². The number of hydrogen-bond donors (Lipinski definition) is 2. The van der Waals surface area contributed by atoms with Crippen molar-refractivity contribution in [3.63, 3.8) is 0 Å². The summed E-state index contributed by atoms with van der Waals surface area (Å²) in [5.74, 6) is 1.46. The maximum atomic E-state index is 12.2. The fourth-order valence-electron chi connectivity index (χ4n) is 3.96. The Hall–Kier alpha value is -0.0300. The van der Waals surface area contributed by atoms with Crippen LogP contribution in [0.2, 0.25) is 0 Å². The van der Waals surface area contributed by atoms with Gasteiger partial charge in [-0.25, -0.2) is 0 Å². The van der Waals surface area contributed by atoms with E-state index >= 15 is 0 Å². The molecule has 3 rings (SSSR count). The fraction of sp³-hybridized carbons (Fsp3) is 0.941. The highest BCUT2D eigenvalue weighted by Crippen LogP contribution is 2.29. The molecule has 2 atom stereocenters. The van der Waals surface area contributed by atoms with Crippen molar-refractivity contribution in [1.82, 2.24) is 15.5 Å². The molecule has 4 nitrogen and oxygen atoms in total. The van der Waals surface area contributed by atoms with Gasteiger partial charge in [-0.2, -0.15) is 0 Å². The molecule has 0 radical (unpaired) electrons. The summed E-state index contributed by atoms with van der Waals surface area (Å²) in [5, 5.41) is 6.74. The number of rotatable bonds is 5. The minimum Gasteiger partial charge on any atom is -0.353 e. The molecule has 2 unspecified atom stereocenters. The Labute approximate surface area is 153 Å². The molecule has 0 aromatic heterocycles. The van der Waals surface area contributed by atoms with Gasteiger partial charge in [0.05, 0.1) is 0 Å². The zero-order chi connectivity index (χ0) is 14.7. The smallest absolute Gasteiger partial charge is 0.220 e. The van der Waals surface area contributed by atoms with Crippen molar-refractivity contribution in [2.24, 2.45) is 11.8 Å². The summed E-state index contributed by atoms with van der Waals surface area (Å²) in [7, 11) is 0. The monoisotopic (exact) mass is 365 g/mol. The Morgan fingerprint density at radius 1 is 1.17 bits per heavy atom. The van der Waals surface area contributed by atoms with Gasteiger partial charge in [-0.1, -0.05) is 6.92 Å². The van der Waals surface area contributed by atoms with Crippen LogP contribution in [0.15, 0.2) is 0 Å². The lowest BCUT2D eigenvalue weighted by Crippen LogP contribution is -2.46. The highest BCUT2D eigenvalue weighted by molar-refractivity contribution is 5.85. The van der Waals surface area contributed by atoms with E-state index in [9.17, 15) is 4.79 Å². The predicted molar refractivity (Wildman–Crippen MR) is 99.6 cm³/mol. The van der Waals surface area contributed by atoms with Gasteiger partial charge in [-0.3, -0.25) is 4.79 Å². The van der Waals surface area contributed by atoms with E-state index in [-0.39, 0.29) is 30.7 Å². The second kappa shape index (κ2) is 10.1. The lowest BCUT2D eigenvalue weighted by molar-refractivity contribution is -0.123. The highest BCUT2D eigenvalue weighted by atomic mass is 35.5. The Morgan fingerprint density at radius 2 is 1.87 bits per heavy atom. The number of amides is 1. The van der Waals surface area contributed by atoms with Gasteiger partial charge in [0.1, 0.15) is 0 Å². The Balaban J connectivity index is 0.00000132. The number of likely N-dealkylation sites (tertiary alicyclic amines) is 1. The molecule has 2 saturated heterocycles. The summed E-state index contributed by atoms with van der Waals surface area (Å²) in [6.45, 7) is 6.84. The number of carbonyl (C=O) groups is 1. The van der Waals surface area contributed by atoms with E-state index < -0.39 is 0 Å². The molecule has 1 amide bonds. The van der Waals surface area contributed by atoms with Crippen molar-refractivity contribution in [2.45, 2.75) is 64.0 Å². The lowest BCUT2D eigenvalue weighted by Gasteiger charge is -2.33. The molecule has 3 fully saturated rings. The molecule has 0 aromatic carbocycles. The second-order valence-electron chi connectivity index (χ2n) is 7.40. The zero-order valence-corrected chi connectivity index (χ0v) is 15.9. The van der Waals surface area contributed by atoms with Crippen LogP contribution in [0.5, 0.6) is 0 Å². The fourth-order valence-corrected chi connectivity index (χ4v) is 3.96. The van der Waals surface area contributed by atoms with Crippen LogP contribution in [-0.2, 0) is 4.79 Å². The average molecular weight is 366 g/mol. The third-order valence-electron chi connectivity index (χ3n) is 5.61. The van der Waals surface area contributed by atoms with Crippen molar-refractivity contribution in [1.29, 1.82) is 0 Å². The first-order chi connectivity index (χ1) is 10.2. The lowest BCUT2D eigenvalue weighted by atomic mass is 9.85. The molecule has 2 heterocycles. The topological polar surface area (TPSA) is 44.4 Å². The van der Waals surface area contributed by atoms with E-state index in [4.69, 9.17) is 0 Å². The standard InChI is InChI=1S/C17H31N3O.2ClH/c1-13(14-3-2-8-18-12-14)11-17(21)19-15-6-9-20(10-7-15)16-4-5-16;;/h13-16,18H,2-12H2,1H3,(H,19,21);2*1H. The van der Waals surface area contributed by atoms with Crippen LogP contribution in [0, 0.1) is 11.8 Å². The quantitative estimate of drug-likeness (QED) is 0.786. The van der Waals surface area contributed by atoms with Crippen molar-refractivity contribution < 1.29 is 4.79 Å². The van der Waals surface area contributed by atoms with Gasteiger partial charge in [0.15, 0.2) is 0 Å². The van der Waals surface area contributed by atoms with Crippen LogP contribution in [0.25, 0.3) is 0 Å². The number of nitrogens with zero attached hydrogens (tertiary/aromatic N) is 1. The molecule has 6 heteroatoms. The number of piperidine rings is 2. The van der Waals surface area contributed by atoms with Crippen molar-refractivity contribution in [3.8, 4) is 0 Å². The van der Waals surface area contributed by atoms with Gasteiger partial charge >= 0.3 is 0 Å². The Kier molecular flexibility index (Phi) is 9.20. The first-order valence-electron chi connectivity index (χ1n) is 8.96. The van der Waals surface area contributed by atoms with Crippen LogP contribution in [0.4, 0.5) is 0 Å². The molecule has 1 aliphatic carbocycles. The minimum absolute atomic E-state index is 0.